The molecule has 0 aromatic rings. The van der Waals surface area contributed by atoms with Gasteiger partial charge in [-0.15, -0.1) is 0 Å². The van der Waals surface area contributed by atoms with Crippen molar-refractivity contribution in [1.82, 2.24) is 0 Å². The lowest BCUT2D eigenvalue weighted by molar-refractivity contribution is -0.350. The summed E-state index contributed by atoms with van der Waals surface area (Å²) in [6, 6.07) is 0. The van der Waals surface area contributed by atoms with Gasteiger partial charge in [-0.25, -0.2) is 9.78 Å². The maximum Gasteiger partial charge on any atom is 0.312 e. The van der Waals surface area contributed by atoms with Crippen LogP contribution in [0, 0.1) is 50.7 Å². The molecule has 10 atom stereocenters. The Morgan fingerprint density at radius 1 is 1.03 bits per heavy atom. The van der Waals surface area contributed by atoms with E-state index in [1.54, 1.807) is 0 Å². The van der Waals surface area contributed by atoms with E-state index in [1.165, 1.54) is 12.7 Å². The summed E-state index contributed by atoms with van der Waals surface area (Å²) in [5.74, 6) is 1.03. The van der Waals surface area contributed by atoms with Crippen LogP contribution in [-0.2, 0) is 24.1 Å². The van der Waals surface area contributed by atoms with Gasteiger partial charge in [-0.05, 0) is 79.1 Å². The molecule has 0 aromatic carbocycles. The molecule has 198 valence electrons. The number of allylic oxidation sites excluding steroid dienone is 2. The molecule has 0 radical (unpaired) electrons. The second-order valence-electron chi connectivity index (χ2n) is 14.5. The van der Waals surface area contributed by atoms with Gasteiger partial charge in [0.2, 0.25) is 0 Å². The zero-order valence-corrected chi connectivity index (χ0v) is 23.4. The topological polar surface area (TPSA) is 61.8 Å². The van der Waals surface area contributed by atoms with Crippen LogP contribution in [0.4, 0.5) is 0 Å². The van der Waals surface area contributed by atoms with Crippen molar-refractivity contribution in [3.63, 3.8) is 0 Å². The normalized spacial score (nSPS) is 54.5. The molecule has 1 aliphatic heterocycles. The molecule has 0 amide bonds. The number of methoxy groups -OCH3 is 1. The van der Waals surface area contributed by atoms with Crippen molar-refractivity contribution in [2.24, 2.45) is 50.7 Å². The average Bonchev–Trinajstić information content (AvgIpc) is 3.14. The summed E-state index contributed by atoms with van der Waals surface area (Å²) >= 11 is 0. The molecule has 6 aliphatic rings. The molecule has 1 saturated heterocycles. The lowest BCUT2D eigenvalue weighted by Crippen LogP contribution is -2.76. The molecule has 5 aliphatic carbocycles. The Kier molecular flexibility index (Phi) is 4.93. The Morgan fingerprint density at radius 3 is 2.44 bits per heavy atom. The number of rotatable bonds is 1. The van der Waals surface area contributed by atoms with E-state index < -0.39 is 21.8 Å². The molecule has 0 bridgehead atoms. The number of hydrogen-bond donors (Lipinski definition) is 0. The second-order valence-corrected chi connectivity index (χ2v) is 14.5. The van der Waals surface area contributed by atoms with Gasteiger partial charge in [-0.1, -0.05) is 66.2 Å². The Balaban J connectivity index is 1.58. The van der Waals surface area contributed by atoms with Gasteiger partial charge >= 0.3 is 5.97 Å². The van der Waals surface area contributed by atoms with Crippen LogP contribution in [0.25, 0.3) is 0 Å². The zero-order chi connectivity index (χ0) is 26.1. The predicted octanol–water partition coefficient (Wildman–Crippen LogP) is 6.23. The highest BCUT2D eigenvalue weighted by molar-refractivity contribution is 6.02. The smallest absolute Gasteiger partial charge is 0.312 e. The molecule has 1 spiro atoms. The highest BCUT2D eigenvalue weighted by Crippen LogP contribution is 2.78. The van der Waals surface area contributed by atoms with Crippen LogP contribution in [0.3, 0.4) is 0 Å². The van der Waals surface area contributed by atoms with E-state index in [2.05, 4.69) is 60.6 Å². The zero-order valence-electron chi connectivity index (χ0n) is 23.4. The van der Waals surface area contributed by atoms with Crippen LogP contribution in [-0.4, -0.2) is 30.6 Å². The molecule has 1 heterocycles. The molecule has 36 heavy (non-hydrogen) atoms. The minimum Gasteiger partial charge on any atom is -0.469 e. The molecule has 0 N–H and O–H groups in total. The summed E-state index contributed by atoms with van der Waals surface area (Å²) in [5.41, 5.74) is -1.61. The fourth-order valence-electron chi connectivity index (χ4n) is 10.8. The third kappa shape index (κ3) is 2.38. The highest BCUT2D eigenvalue weighted by atomic mass is 17.2. The Labute approximate surface area is 216 Å². The number of carbonyl (C=O) groups excluding carboxylic acids is 2. The number of fused-ring (bicyclic) bond motifs is 4. The first-order valence-electron chi connectivity index (χ1n) is 14.2. The van der Waals surface area contributed by atoms with Gasteiger partial charge in [0.25, 0.3) is 0 Å². The first-order chi connectivity index (χ1) is 16.8. The van der Waals surface area contributed by atoms with Crippen molar-refractivity contribution >= 4 is 11.8 Å². The second kappa shape index (κ2) is 7.14. The van der Waals surface area contributed by atoms with E-state index >= 15 is 0 Å². The van der Waals surface area contributed by atoms with Crippen LogP contribution in [0.15, 0.2) is 23.8 Å². The summed E-state index contributed by atoms with van der Waals surface area (Å²) in [7, 11) is 1.52. The highest BCUT2D eigenvalue weighted by Gasteiger charge is 2.82. The van der Waals surface area contributed by atoms with Crippen LogP contribution in [0.5, 0.6) is 0 Å². The number of ether oxygens (including phenoxy) is 1. The summed E-state index contributed by atoms with van der Waals surface area (Å²) in [5, 5.41) is 0. The lowest BCUT2D eigenvalue weighted by Gasteiger charge is -2.71. The number of esters is 1. The Morgan fingerprint density at radius 2 is 1.75 bits per heavy atom. The van der Waals surface area contributed by atoms with Crippen LogP contribution >= 0.6 is 0 Å². The van der Waals surface area contributed by atoms with Crippen molar-refractivity contribution in [3.05, 3.63) is 23.8 Å². The Hall–Kier alpha value is -1.46. The number of hydrogen-bond acceptors (Lipinski definition) is 5. The fourth-order valence-corrected chi connectivity index (χ4v) is 10.8. The molecule has 5 nitrogen and oxygen atoms in total. The van der Waals surface area contributed by atoms with E-state index in [4.69, 9.17) is 14.5 Å². The van der Waals surface area contributed by atoms with E-state index in [0.717, 1.165) is 38.5 Å². The van der Waals surface area contributed by atoms with Crippen molar-refractivity contribution in [2.75, 3.05) is 7.11 Å². The Bertz CT molecular complexity index is 1090. The number of carbonyl (C=O) groups is 2. The summed E-state index contributed by atoms with van der Waals surface area (Å²) in [4.78, 5) is 40.6. The summed E-state index contributed by atoms with van der Waals surface area (Å²) in [6.07, 6.45) is 11.5. The van der Waals surface area contributed by atoms with Crippen LogP contribution in [0.2, 0.25) is 0 Å². The van der Waals surface area contributed by atoms with Crippen molar-refractivity contribution in [3.8, 4) is 0 Å². The third-order valence-corrected chi connectivity index (χ3v) is 13.2. The van der Waals surface area contributed by atoms with Crippen molar-refractivity contribution in [2.45, 2.75) is 98.7 Å². The van der Waals surface area contributed by atoms with Crippen molar-refractivity contribution < 1.29 is 24.1 Å². The molecule has 3 saturated carbocycles. The summed E-state index contributed by atoms with van der Waals surface area (Å²) < 4.78 is 5.46. The predicted molar refractivity (Wildman–Crippen MR) is 136 cm³/mol. The van der Waals surface area contributed by atoms with E-state index in [0.29, 0.717) is 11.8 Å². The monoisotopic (exact) mass is 496 g/mol. The minimum absolute atomic E-state index is 0.0110. The van der Waals surface area contributed by atoms with E-state index in [9.17, 15) is 9.59 Å². The standard InChI is InChI=1S/C31H44O5/c1-18-9-14-30(25(33)34-8)16-15-27(5)20(24(30)19(18)2)17-22(32)31-28(27,6)13-10-21-26(3,4)12-11-23(35-36-31)29(21,31)7/h11-12,17-19,21,23-24H,9-10,13-16H2,1-8H3/t18?,19-,21-,23-,24-,27+,28-,29+,30-,31+/m0/s1. The molecular formula is C31H44O5. The third-order valence-electron chi connectivity index (χ3n) is 13.2. The maximum absolute atomic E-state index is 14.7. The van der Waals surface area contributed by atoms with Gasteiger partial charge in [0.1, 0.15) is 6.10 Å². The van der Waals surface area contributed by atoms with Gasteiger partial charge in [0.15, 0.2) is 11.4 Å². The summed E-state index contributed by atoms with van der Waals surface area (Å²) in [6.45, 7) is 16.1. The first-order valence-corrected chi connectivity index (χ1v) is 14.2. The van der Waals surface area contributed by atoms with Gasteiger partial charge in [-0.3, -0.25) is 9.59 Å². The maximum atomic E-state index is 14.7. The minimum atomic E-state index is -1.04. The van der Waals surface area contributed by atoms with Crippen molar-refractivity contribution in [1.29, 1.82) is 0 Å². The van der Waals surface area contributed by atoms with Gasteiger partial charge in [-0.2, -0.15) is 0 Å². The van der Waals surface area contributed by atoms with Gasteiger partial charge < -0.3 is 4.74 Å². The quantitative estimate of drug-likeness (QED) is 0.245. The van der Waals surface area contributed by atoms with Gasteiger partial charge in [0, 0.05) is 10.8 Å². The molecular weight excluding hydrogens is 452 g/mol. The van der Waals surface area contributed by atoms with E-state index in [-0.39, 0.29) is 40.5 Å². The average molecular weight is 497 g/mol. The van der Waals surface area contributed by atoms with Gasteiger partial charge in [0.05, 0.1) is 12.5 Å². The molecule has 4 fully saturated rings. The molecule has 1 unspecified atom stereocenters. The largest absolute Gasteiger partial charge is 0.469 e. The van der Waals surface area contributed by atoms with Crippen LogP contribution < -0.4 is 0 Å². The number of ketones is 1. The molecule has 0 aromatic heterocycles. The fraction of sp³-hybridized carbons (Fsp3) is 0.806. The first kappa shape index (κ1) is 24.9. The molecule has 6 rings (SSSR count). The van der Waals surface area contributed by atoms with Crippen LogP contribution in [0.1, 0.15) is 87.0 Å². The van der Waals surface area contributed by atoms with E-state index in [1.807, 2.05) is 6.08 Å². The SMILES string of the molecule is COC(=O)[C@]12CCC(C)[C@H](C)[C@H]1C1=CC(=O)[C@@]34OO[C@H]5C=CC(C)(C)[C@H](CC[C@@]3(C)[C@]1(C)CC2)[C@]54C. The molecule has 5 heteroatoms. The lowest BCUT2D eigenvalue weighted by atomic mass is 9.32.